The summed E-state index contributed by atoms with van der Waals surface area (Å²) >= 11 is 3.78. The van der Waals surface area contributed by atoms with Crippen molar-refractivity contribution >= 4 is 34.9 Å². The number of thioether (sulfide) groups is 2. The first kappa shape index (κ1) is 22.5. The molecule has 0 fully saturated rings. The Bertz CT molecular complexity index is 1590. The van der Waals surface area contributed by atoms with Crippen LogP contribution in [0.15, 0.2) is 125 Å². The summed E-state index contributed by atoms with van der Waals surface area (Å²) in [5, 5.41) is 4.14. The van der Waals surface area contributed by atoms with Crippen LogP contribution in [-0.2, 0) is 0 Å². The highest BCUT2D eigenvalue weighted by Gasteiger charge is 2.28. The summed E-state index contributed by atoms with van der Waals surface area (Å²) in [6.45, 7) is 0. The molecule has 0 saturated heterocycles. The van der Waals surface area contributed by atoms with E-state index in [2.05, 4.69) is 125 Å². The predicted molar refractivity (Wildman–Crippen MR) is 157 cm³/mol. The first-order valence-corrected chi connectivity index (χ1v) is 14.2. The molecule has 3 nitrogen and oxygen atoms in total. The molecule has 0 spiro atoms. The number of rotatable bonds is 4. The van der Waals surface area contributed by atoms with E-state index in [1.807, 2.05) is 35.9 Å². The molecule has 3 heterocycles. The zero-order valence-electron chi connectivity index (χ0n) is 20.3. The van der Waals surface area contributed by atoms with E-state index in [0.29, 0.717) is 0 Å². The van der Waals surface area contributed by atoms with E-state index in [0.717, 1.165) is 11.1 Å². The lowest BCUT2D eigenvalue weighted by Gasteiger charge is -2.22. The molecule has 0 aliphatic carbocycles. The van der Waals surface area contributed by atoms with Crippen LogP contribution in [-0.4, -0.2) is 12.0 Å². The number of nitrogens with zero attached hydrogens (tertiary/aromatic N) is 2. The minimum atomic E-state index is 0.218. The lowest BCUT2D eigenvalue weighted by atomic mass is 9.99. The zero-order chi connectivity index (χ0) is 24.8. The predicted octanol–water partition coefficient (Wildman–Crippen LogP) is 8.87. The van der Waals surface area contributed by atoms with Crippen LogP contribution in [0, 0.1) is 0 Å². The molecule has 37 heavy (non-hydrogen) atoms. The average molecular weight is 516 g/mol. The summed E-state index contributed by atoms with van der Waals surface area (Å²) < 4.78 is 0. The fraction of sp³-hybridized carbons (Fsp3) is 0.0938. The van der Waals surface area contributed by atoms with Crippen molar-refractivity contribution in [1.82, 2.24) is 4.98 Å². The Labute approximate surface area is 226 Å². The lowest BCUT2D eigenvalue weighted by molar-refractivity contribution is 0.914. The van der Waals surface area contributed by atoms with Crippen LogP contribution in [0.25, 0.3) is 22.3 Å². The second-order valence-corrected chi connectivity index (χ2v) is 11.7. The van der Waals surface area contributed by atoms with Gasteiger partial charge in [-0.25, -0.2) is 0 Å². The van der Waals surface area contributed by atoms with E-state index in [1.165, 1.54) is 43.4 Å². The van der Waals surface area contributed by atoms with Crippen molar-refractivity contribution in [2.75, 3.05) is 17.3 Å². The maximum atomic E-state index is 4.64. The molecule has 1 N–H and O–H groups in total. The van der Waals surface area contributed by atoms with Gasteiger partial charge >= 0.3 is 0 Å². The molecule has 2 unspecified atom stereocenters. The molecule has 2 aliphatic rings. The van der Waals surface area contributed by atoms with Gasteiger partial charge in [-0.2, -0.15) is 0 Å². The van der Waals surface area contributed by atoms with Crippen molar-refractivity contribution < 1.29 is 0 Å². The third-order valence-electron chi connectivity index (χ3n) is 7.02. The maximum Gasteiger partial charge on any atom is 0.105 e. The normalized spacial score (nSPS) is 17.8. The Morgan fingerprint density at radius 3 is 2.08 bits per heavy atom. The molecule has 4 aromatic carbocycles. The van der Waals surface area contributed by atoms with Crippen molar-refractivity contribution in [2.45, 2.75) is 20.5 Å². The van der Waals surface area contributed by atoms with Gasteiger partial charge in [0, 0.05) is 46.0 Å². The van der Waals surface area contributed by atoms with Gasteiger partial charge < -0.3 is 10.2 Å². The minimum Gasteiger partial charge on any atom is -0.368 e. The number of hydrogen-bond acceptors (Lipinski definition) is 5. The second-order valence-electron chi connectivity index (χ2n) is 9.40. The van der Waals surface area contributed by atoms with Gasteiger partial charge in [0.05, 0.1) is 5.69 Å². The monoisotopic (exact) mass is 515 g/mol. The Balaban J connectivity index is 1.17. The molecule has 180 valence electrons. The van der Waals surface area contributed by atoms with Gasteiger partial charge in [0.15, 0.2) is 0 Å². The molecule has 0 radical (unpaired) electrons. The third-order valence-corrected chi connectivity index (χ3v) is 9.67. The molecular formula is C32H25N3S2. The largest absolute Gasteiger partial charge is 0.368 e. The van der Waals surface area contributed by atoms with Crippen molar-refractivity contribution in [1.29, 1.82) is 0 Å². The van der Waals surface area contributed by atoms with Crippen LogP contribution in [0.1, 0.15) is 21.9 Å². The van der Waals surface area contributed by atoms with E-state index in [4.69, 9.17) is 0 Å². The Morgan fingerprint density at radius 2 is 1.32 bits per heavy atom. The van der Waals surface area contributed by atoms with Crippen molar-refractivity contribution in [3.05, 3.63) is 127 Å². The Hall–Kier alpha value is -3.67. The number of para-hydroxylation sites is 2. The SMILES string of the molecule is CN1c2ccccc2SC1c1cccc(-c2cncc(-c3cccc(C4Nc5ccccc5S4)c3)c2)c1. The van der Waals surface area contributed by atoms with Crippen LogP contribution < -0.4 is 10.2 Å². The summed E-state index contributed by atoms with van der Waals surface area (Å²) in [4.78, 5) is 9.64. The van der Waals surface area contributed by atoms with Gasteiger partial charge in [-0.15, -0.1) is 0 Å². The smallest absolute Gasteiger partial charge is 0.105 e. The van der Waals surface area contributed by atoms with Gasteiger partial charge in [0.25, 0.3) is 0 Å². The molecule has 0 amide bonds. The van der Waals surface area contributed by atoms with Crippen molar-refractivity contribution in [3.8, 4) is 22.3 Å². The number of aromatic nitrogens is 1. The van der Waals surface area contributed by atoms with E-state index in [-0.39, 0.29) is 10.7 Å². The van der Waals surface area contributed by atoms with Crippen LogP contribution >= 0.6 is 23.5 Å². The molecule has 5 heteroatoms. The Kier molecular flexibility index (Phi) is 5.68. The summed E-state index contributed by atoms with van der Waals surface area (Å²) in [5.41, 5.74) is 9.72. The highest BCUT2D eigenvalue weighted by Crippen LogP contribution is 2.50. The van der Waals surface area contributed by atoms with Crippen molar-refractivity contribution in [3.63, 3.8) is 0 Å². The molecule has 5 aromatic rings. The maximum absolute atomic E-state index is 4.64. The molecule has 2 aliphatic heterocycles. The summed E-state index contributed by atoms with van der Waals surface area (Å²) in [5.74, 6) is 0. The number of benzene rings is 4. The Morgan fingerprint density at radius 1 is 0.649 bits per heavy atom. The van der Waals surface area contributed by atoms with Crippen molar-refractivity contribution in [2.24, 2.45) is 0 Å². The van der Waals surface area contributed by atoms with E-state index in [1.54, 1.807) is 0 Å². The van der Waals surface area contributed by atoms with Crippen LogP contribution in [0.5, 0.6) is 0 Å². The average Bonchev–Trinajstić information content (AvgIpc) is 3.55. The fourth-order valence-corrected chi connectivity index (χ4v) is 7.53. The van der Waals surface area contributed by atoms with Gasteiger partial charge in [-0.1, -0.05) is 84.2 Å². The summed E-state index contributed by atoms with van der Waals surface area (Å²) in [7, 11) is 2.18. The van der Waals surface area contributed by atoms with Gasteiger partial charge in [0.2, 0.25) is 0 Å². The molecule has 2 atom stereocenters. The third kappa shape index (κ3) is 4.18. The first-order chi connectivity index (χ1) is 18.2. The zero-order valence-corrected chi connectivity index (χ0v) is 22.0. The second kappa shape index (κ2) is 9.33. The van der Waals surface area contributed by atoms with E-state index >= 15 is 0 Å². The van der Waals surface area contributed by atoms with Crippen LogP contribution in [0.2, 0.25) is 0 Å². The lowest BCUT2D eigenvalue weighted by Crippen LogP contribution is -2.17. The number of pyridine rings is 1. The van der Waals surface area contributed by atoms with Gasteiger partial charge in [0.1, 0.15) is 10.7 Å². The number of fused-ring (bicyclic) bond motifs is 2. The topological polar surface area (TPSA) is 28.2 Å². The number of nitrogens with one attached hydrogen (secondary N) is 1. The summed E-state index contributed by atoms with van der Waals surface area (Å²) in [6.07, 6.45) is 3.94. The van der Waals surface area contributed by atoms with Gasteiger partial charge in [-0.3, -0.25) is 4.98 Å². The standard InChI is InChI=1S/C32H25N3S2/c1-35-28-13-3-5-15-30(28)37-32(35)24-11-7-9-22(17-24)26-18-25(19-33-20-26)21-8-6-10-23(16-21)31-34-27-12-2-4-14-29(27)36-31/h2-20,31-32,34H,1H3. The fourth-order valence-electron chi connectivity index (χ4n) is 5.11. The minimum absolute atomic E-state index is 0.218. The number of hydrogen-bond donors (Lipinski definition) is 1. The quantitative estimate of drug-likeness (QED) is 0.258. The molecular weight excluding hydrogens is 491 g/mol. The van der Waals surface area contributed by atoms with E-state index in [9.17, 15) is 0 Å². The molecule has 0 bridgehead atoms. The van der Waals surface area contributed by atoms with E-state index < -0.39 is 0 Å². The summed E-state index contributed by atoms with van der Waals surface area (Å²) in [6, 6.07) is 37.1. The molecule has 7 rings (SSSR count). The van der Waals surface area contributed by atoms with Gasteiger partial charge in [-0.05, 0) is 64.7 Å². The number of anilines is 2. The molecule has 0 saturated carbocycles. The van der Waals surface area contributed by atoms with Crippen LogP contribution in [0.4, 0.5) is 11.4 Å². The van der Waals surface area contributed by atoms with Crippen LogP contribution in [0.3, 0.4) is 0 Å². The highest BCUT2D eigenvalue weighted by molar-refractivity contribution is 8.00. The highest BCUT2D eigenvalue weighted by atomic mass is 32.2. The first-order valence-electron chi connectivity index (χ1n) is 12.4. The molecule has 1 aromatic heterocycles.